The number of ketones is 1. The van der Waals surface area contributed by atoms with Crippen molar-refractivity contribution in [3.05, 3.63) is 36.5 Å². The SMILES string of the molecule is C#CCC(O)C=CC=CC(=C)CC(O)CCCC(C)=O. The predicted molar refractivity (Wildman–Crippen MR) is 82.0 cm³/mol. The lowest BCUT2D eigenvalue weighted by molar-refractivity contribution is -0.117. The molecule has 0 spiro atoms. The summed E-state index contributed by atoms with van der Waals surface area (Å²) in [7, 11) is 0. The van der Waals surface area contributed by atoms with Gasteiger partial charge in [0.1, 0.15) is 5.78 Å². The smallest absolute Gasteiger partial charge is 0.129 e. The molecule has 0 saturated carbocycles. The number of rotatable bonds is 10. The fraction of sp³-hybridized carbons (Fsp3) is 0.471. The zero-order valence-corrected chi connectivity index (χ0v) is 12.1. The average Bonchev–Trinajstić information content (AvgIpc) is 2.34. The van der Waals surface area contributed by atoms with Crippen LogP contribution in [0.15, 0.2) is 36.5 Å². The number of aliphatic hydroxyl groups is 2. The molecule has 0 radical (unpaired) electrons. The van der Waals surface area contributed by atoms with Crippen LogP contribution in [-0.4, -0.2) is 28.2 Å². The molecule has 2 atom stereocenters. The van der Waals surface area contributed by atoms with E-state index < -0.39 is 12.2 Å². The molecule has 2 N–H and O–H groups in total. The molecule has 0 aromatic heterocycles. The first-order valence-corrected chi connectivity index (χ1v) is 6.77. The van der Waals surface area contributed by atoms with Crippen molar-refractivity contribution in [3.8, 4) is 12.3 Å². The summed E-state index contributed by atoms with van der Waals surface area (Å²) in [5.41, 5.74) is 0.802. The number of allylic oxidation sites excluding steroid dienone is 3. The van der Waals surface area contributed by atoms with Crippen LogP contribution in [-0.2, 0) is 4.79 Å². The minimum Gasteiger partial charge on any atom is -0.393 e. The Hall–Kier alpha value is -1.63. The molecule has 0 aliphatic heterocycles. The Morgan fingerprint density at radius 3 is 2.70 bits per heavy atom. The Labute approximate surface area is 121 Å². The normalized spacial score (nSPS) is 14.3. The van der Waals surface area contributed by atoms with Crippen molar-refractivity contribution >= 4 is 5.78 Å². The van der Waals surface area contributed by atoms with Crippen LogP contribution in [0.25, 0.3) is 0 Å². The van der Waals surface area contributed by atoms with Gasteiger partial charge in [0.15, 0.2) is 0 Å². The second kappa shape index (κ2) is 11.2. The maximum Gasteiger partial charge on any atom is 0.129 e. The number of hydrogen-bond donors (Lipinski definition) is 2. The summed E-state index contributed by atoms with van der Waals surface area (Å²) in [6.45, 7) is 5.40. The van der Waals surface area contributed by atoms with Gasteiger partial charge in [-0.1, -0.05) is 36.5 Å². The monoisotopic (exact) mass is 276 g/mol. The van der Waals surface area contributed by atoms with E-state index in [1.807, 2.05) is 0 Å². The Bertz CT molecular complexity index is 399. The molecule has 0 aromatic rings. The summed E-state index contributed by atoms with van der Waals surface area (Å²) in [6, 6.07) is 0. The van der Waals surface area contributed by atoms with Crippen LogP contribution in [0.4, 0.5) is 0 Å². The van der Waals surface area contributed by atoms with Crippen molar-refractivity contribution < 1.29 is 15.0 Å². The lowest BCUT2D eigenvalue weighted by atomic mass is 10.0. The van der Waals surface area contributed by atoms with E-state index in [9.17, 15) is 15.0 Å². The van der Waals surface area contributed by atoms with Crippen LogP contribution in [0, 0.1) is 12.3 Å². The summed E-state index contributed by atoms with van der Waals surface area (Å²) < 4.78 is 0. The number of Topliss-reactive ketones (excluding diaryl/α,β-unsaturated/α-hetero) is 1. The van der Waals surface area contributed by atoms with Gasteiger partial charge in [0.05, 0.1) is 12.2 Å². The van der Waals surface area contributed by atoms with E-state index in [0.717, 1.165) is 5.57 Å². The summed E-state index contributed by atoms with van der Waals surface area (Å²) >= 11 is 0. The third kappa shape index (κ3) is 11.5. The zero-order chi connectivity index (χ0) is 15.4. The van der Waals surface area contributed by atoms with Crippen LogP contribution in [0.3, 0.4) is 0 Å². The van der Waals surface area contributed by atoms with E-state index in [1.54, 1.807) is 31.2 Å². The molecule has 110 valence electrons. The number of hydrogen-bond acceptors (Lipinski definition) is 3. The summed E-state index contributed by atoms with van der Waals surface area (Å²) in [5.74, 6) is 2.52. The van der Waals surface area contributed by atoms with Crippen molar-refractivity contribution in [2.75, 3.05) is 0 Å². The molecular weight excluding hydrogens is 252 g/mol. The van der Waals surface area contributed by atoms with E-state index in [2.05, 4.69) is 12.5 Å². The average molecular weight is 276 g/mol. The van der Waals surface area contributed by atoms with E-state index in [-0.39, 0.29) is 5.78 Å². The molecule has 0 heterocycles. The second-order valence-electron chi connectivity index (χ2n) is 4.83. The second-order valence-corrected chi connectivity index (χ2v) is 4.83. The maximum atomic E-state index is 10.8. The molecule has 0 aliphatic carbocycles. The van der Waals surface area contributed by atoms with Crippen LogP contribution < -0.4 is 0 Å². The van der Waals surface area contributed by atoms with Gasteiger partial charge in [-0.05, 0) is 26.2 Å². The molecule has 0 saturated heterocycles. The molecule has 0 aromatic carbocycles. The quantitative estimate of drug-likeness (QED) is 0.476. The van der Waals surface area contributed by atoms with Gasteiger partial charge in [0, 0.05) is 12.8 Å². The van der Waals surface area contributed by atoms with Gasteiger partial charge < -0.3 is 15.0 Å². The van der Waals surface area contributed by atoms with Gasteiger partial charge in [-0.3, -0.25) is 0 Å². The molecule has 0 fully saturated rings. The fourth-order valence-corrected chi connectivity index (χ4v) is 1.63. The van der Waals surface area contributed by atoms with Gasteiger partial charge >= 0.3 is 0 Å². The van der Waals surface area contributed by atoms with Gasteiger partial charge in [-0.25, -0.2) is 0 Å². The highest BCUT2D eigenvalue weighted by Crippen LogP contribution is 2.11. The molecule has 0 bridgehead atoms. The largest absolute Gasteiger partial charge is 0.393 e. The molecule has 3 nitrogen and oxygen atoms in total. The first-order chi connectivity index (χ1) is 9.45. The summed E-state index contributed by atoms with van der Waals surface area (Å²) in [4.78, 5) is 10.8. The molecule has 0 rings (SSSR count). The van der Waals surface area contributed by atoms with Crippen molar-refractivity contribution in [1.82, 2.24) is 0 Å². The minimum absolute atomic E-state index is 0.145. The minimum atomic E-state index is -0.630. The lowest BCUT2D eigenvalue weighted by Gasteiger charge is -2.09. The number of terminal acetylenes is 1. The Morgan fingerprint density at radius 2 is 2.10 bits per heavy atom. The Kier molecular flexibility index (Phi) is 10.3. The standard InChI is InChI=1S/C17H24O3/c1-4-8-16(19)11-6-5-9-14(2)13-17(20)12-7-10-15(3)18/h1,5-6,9,11,16-17,19-20H,2,7-8,10,12-13H2,3H3. The van der Waals surface area contributed by atoms with Crippen LogP contribution in [0.2, 0.25) is 0 Å². The molecule has 20 heavy (non-hydrogen) atoms. The van der Waals surface area contributed by atoms with Gasteiger partial charge in [0.2, 0.25) is 0 Å². The zero-order valence-electron chi connectivity index (χ0n) is 12.1. The van der Waals surface area contributed by atoms with Crippen LogP contribution in [0.5, 0.6) is 0 Å². The van der Waals surface area contributed by atoms with Gasteiger partial charge in [-0.2, -0.15) is 0 Å². The van der Waals surface area contributed by atoms with Gasteiger partial charge in [0.25, 0.3) is 0 Å². The van der Waals surface area contributed by atoms with E-state index >= 15 is 0 Å². The first kappa shape index (κ1) is 18.4. The molecule has 2 unspecified atom stereocenters. The summed E-state index contributed by atoms with van der Waals surface area (Å²) in [6.07, 6.45) is 13.4. The topological polar surface area (TPSA) is 57.5 Å². The van der Waals surface area contributed by atoms with Crippen molar-refractivity contribution in [1.29, 1.82) is 0 Å². The third-order valence-electron chi connectivity index (χ3n) is 2.67. The molecule has 0 amide bonds. The Balaban J connectivity index is 3.92. The Morgan fingerprint density at radius 1 is 1.40 bits per heavy atom. The fourth-order valence-electron chi connectivity index (χ4n) is 1.63. The van der Waals surface area contributed by atoms with Crippen molar-refractivity contribution in [2.24, 2.45) is 0 Å². The summed E-state index contributed by atoms with van der Waals surface area (Å²) in [5, 5.41) is 19.1. The van der Waals surface area contributed by atoms with Crippen molar-refractivity contribution in [3.63, 3.8) is 0 Å². The highest BCUT2D eigenvalue weighted by atomic mass is 16.3. The number of aliphatic hydroxyl groups excluding tert-OH is 2. The molecule has 0 aliphatic rings. The van der Waals surface area contributed by atoms with Crippen LogP contribution >= 0.6 is 0 Å². The number of carbonyl (C=O) groups excluding carboxylic acids is 1. The van der Waals surface area contributed by atoms with Crippen molar-refractivity contribution in [2.45, 2.75) is 51.2 Å². The molecular formula is C17H24O3. The first-order valence-electron chi connectivity index (χ1n) is 6.77. The molecule has 3 heteroatoms. The third-order valence-corrected chi connectivity index (χ3v) is 2.67. The highest BCUT2D eigenvalue weighted by molar-refractivity contribution is 5.75. The van der Waals surface area contributed by atoms with E-state index in [1.165, 1.54) is 0 Å². The number of carbonyl (C=O) groups is 1. The predicted octanol–water partition coefficient (Wildman–Crippen LogP) is 2.55. The van der Waals surface area contributed by atoms with Gasteiger partial charge in [-0.15, -0.1) is 12.3 Å². The van der Waals surface area contributed by atoms with Crippen LogP contribution in [0.1, 0.15) is 39.0 Å². The van der Waals surface area contributed by atoms with E-state index in [4.69, 9.17) is 6.42 Å². The maximum absolute atomic E-state index is 10.8. The lowest BCUT2D eigenvalue weighted by Crippen LogP contribution is -2.07. The highest BCUT2D eigenvalue weighted by Gasteiger charge is 2.05. The van der Waals surface area contributed by atoms with E-state index in [0.29, 0.717) is 32.1 Å².